The summed E-state index contributed by atoms with van der Waals surface area (Å²) in [6.07, 6.45) is 6.23. The van der Waals surface area contributed by atoms with Crippen LogP contribution in [0.2, 0.25) is 0 Å². The zero-order chi connectivity index (χ0) is 13.5. The van der Waals surface area contributed by atoms with Gasteiger partial charge in [0.15, 0.2) is 0 Å². The fourth-order valence-corrected chi connectivity index (χ4v) is 3.26. The number of fused-ring (bicyclic) bond motifs is 2. The number of pyridine rings is 1. The first-order valence-corrected chi connectivity index (χ1v) is 7.09. The van der Waals surface area contributed by atoms with E-state index in [1.54, 1.807) is 0 Å². The molecule has 0 spiro atoms. The number of nitrogens with one attached hydrogen (secondary N) is 1. The number of hydrogen-bond acceptors (Lipinski definition) is 2. The van der Waals surface area contributed by atoms with Crippen molar-refractivity contribution in [1.82, 2.24) is 14.7 Å². The molecule has 0 amide bonds. The quantitative estimate of drug-likeness (QED) is 0.769. The van der Waals surface area contributed by atoms with E-state index in [1.165, 1.54) is 28.8 Å². The summed E-state index contributed by atoms with van der Waals surface area (Å²) < 4.78 is 2.15. The maximum absolute atomic E-state index is 4.36. The van der Waals surface area contributed by atoms with Crippen molar-refractivity contribution in [2.45, 2.75) is 18.9 Å². The van der Waals surface area contributed by atoms with E-state index >= 15 is 0 Å². The minimum atomic E-state index is 0.517. The molecule has 0 bridgehead atoms. The Morgan fingerprint density at radius 3 is 3.10 bits per heavy atom. The van der Waals surface area contributed by atoms with Gasteiger partial charge in [-0.1, -0.05) is 18.2 Å². The van der Waals surface area contributed by atoms with Crippen molar-refractivity contribution < 1.29 is 0 Å². The van der Waals surface area contributed by atoms with E-state index in [9.17, 15) is 0 Å². The van der Waals surface area contributed by atoms with Gasteiger partial charge in [-0.3, -0.25) is 4.40 Å². The molecular weight excluding hydrogens is 246 g/mol. The van der Waals surface area contributed by atoms with Crippen LogP contribution in [0, 0.1) is 0 Å². The summed E-state index contributed by atoms with van der Waals surface area (Å²) in [5.74, 6) is 0. The van der Waals surface area contributed by atoms with Crippen molar-refractivity contribution in [3.05, 3.63) is 59.9 Å². The van der Waals surface area contributed by atoms with Crippen LogP contribution in [0.1, 0.15) is 23.6 Å². The molecule has 1 unspecified atom stereocenters. The molecule has 0 radical (unpaired) electrons. The lowest BCUT2D eigenvalue weighted by Gasteiger charge is -2.11. The van der Waals surface area contributed by atoms with Gasteiger partial charge in [0.1, 0.15) is 5.65 Å². The number of imidazole rings is 1. The van der Waals surface area contributed by atoms with Gasteiger partial charge < -0.3 is 5.32 Å². The minimum Gasteiger partial charge on any atom is -0.313 e. The third kappa shape index (κ3) is 1.67. The predicted octanol–water partition coefficient (Wildman–Crippen LogP) is 3.21. The highest BCUT2D eigenvalue weighted by molar-refractivity contribution is 5.65. The van der Waals surface area contributed by atoms with E-state index in [0.29, 0.717) is 6.04 Å². The number of aryl methyl sites for hydroxylation is 1. The Hall–Kier alpha value is -2.13. The lowest BCUT2D eigenvalue weighted by molar-refractivity contribution is 0.590. The van der Waals surface area contributed by atoms with E-state index in [2.05, 4.69) is 45.0 Å². The Morgan fingerprint density at radius 2 is 2.20 bits per heavy atom. The predicted molar refractivity (Wildman–Crippen MR) is 80.7 cm³/mol. The molecule has 0 saturated carbocycles. The van der Waals surface area contributed by atoms with Crippen LogP contribution in [0.3, 0.4) is 0 Å². The van der Waals surface area contributed by atoms with Crippen molar-refractivity contribution in [3.63, 3.8) is 0 Å². The van der Waals surface area contributed by atoms with Gasteiger partial charge in [-0.05, 0) is 54.8 Å². The van der Waals surface area contributed by atoms with Gasteiger partial charge in [-0.15, -0.1) is 0 Å². The summed E-state index contributed by atoms with van der Waals surface area (Å²) in [7, 11) is 2.04. The molecule has 4 rings (SSSR count). The number of hydrogen-bond donors (Lipinski definition) is 1. The van der Waals surface area contributed by atoms with Gasteiger partial charge in [0, 0.05) is 18.4 Å². The second-order valence-corrected chi connectivity index (χ2v) is 5.36. The molecule has 3 aromatic rings. The topological polar surface area (TPSA) is 29.3 Å². The molecule has 20 heavy (non-hydrogen) atoms. The molecule has 1 aromatic carbocycles. The minimum absolute atomic E-state index is 0.517. The molecule has 3 nitrogen and oxygen atoms in total. The Labute approximate surface area is 118 Å². The van der Waals surface area contributed by atoms with E-state index in [-0.39, 0.29) is 0 Å². The third-order valence-electron chi connectivity index (χ3n) is 4.29. The van der Waals surface area contributed by atoms with Gasteiger partial charge in [-0.2, -0.15) is 0 Å². The summed E-state index contributed by atoms with van der Waals surface area (Å²) in [6, 6.07) is 13.6. The Morgan fingerprint density at radius 1 is 1.25 bits per heavy atom. The zero-order valence-electron chi connectivity index (χ0n) is 11.5. The fourth-order valence-electron chi connectivity index (χ4n) is 3.26. The Bertz CT molecular complexity index is 773. The smallest absolute Gasteiger partial charge is 0.137 e. The summed E-state index contributed by atoms with van der Waals surface area (Å²) in [5.41, 5.74) is 6.39. The van der Waals surface area contributed by atoms with E-state index in [0.717, 1.165) is 12.1 Å². The lowest BCUT2D eigenvalue weighted by atomic mass is 10.0. The van der Waals surface area contributed by atoms with Crippen molar-refractivity contribution >= 4 is 5.65 Å². The first-order valence-electron chi connectivity index (χ1n) is 7.09. The Balaban J connectivity index is 1.86. The first kappa shape index (κ1) is 11.7. The number of rotatable bonds is 2. The van der Waals surface area contributed by atoms with Crippen molar-refractivity contribution in [3.8, 4) is 11.3 Å². The normalized spacial score (nSPS) is 17.6. The highest BCUT2D eigenvalue weighted by Gasteiger charge is 2.21. The molecule has 1 atom stereocenters. The van der Waals surface area contributed by atoms with Crippen LogP contribution in [0.15, 0.2) is 48.8 Å². The van der Waals surface area contributed by atoms with Crippen LogP contribution in [-0.4, -0.2) is 16.4 Å². The van der Waals surface area contributed by atoms with Crippen LogP contribution in [-0.2, 0) is 6.42 Å². The third-order valence-corrected chi connectivity index (χ3v) is 4.29. The average molecular weight is 263 g/mol. The van der Waals surface area contributed by atoms with E-state index in [4.69, 9.17) is 0 Å². The average Bonchev–Trinajstić information content (AvgIpc) is 3.12. The molecule has 3 heteroatoms. The number of aromatic nitrogens is 2. The van der Waals surface area contributed by atoms with Crippen molar-refractivity contribution in [1.29, 1.82) is 0 Å². The van der Waals surface area contributed by atoms with Gasteiger partial charge in [0.2, 0.25) is 0 Å². The standard InChI is InChI=1S/C17H17N3/c1-18-15-8-6-12-11-13(5-7-14(12)15)16-3-2-4-17-19-9-10-20(16)17/h2-5,7,9-11,15,18H,6,8H2,1H3. The maximum atomic E-state index is 4.36. The highest BCUT2D eigenvalue weighted by atomic mass is 15.0. The van der Waals surface area contributed by atoms with E-state index in [1.807, 2.05) is 25.5 Å². The van der Waals surface area contributed by atoms with Crippen molar-refractivity contribution in [2.75, 3.05) is 7.05 Å². The van der Waals surface area contributed by atoms with Gasteiger partial charge >= 0.3 is 0 Å². The summed E-state index contributed by atoms with van der Waals surface area (Å²) in [4.78, 5) is 4.36. The van der Waals surface area contributed by atoms with Crippen LogP contribution in [0.25, 0.3) is 16.9 Å². The molecule has 1 aliphatic carbocycles. The number of benzene rings is 1. The van der Waals surface area contributed by atoms with E-state index < -0.39 is 0 Å². The van der Waals surface area contributed by atoms with Gasteiger partial charge in [-0.25, -0.2) is 4.98 Å². The molecular formula is C17H17N3. The molecule has 2 heterocycles. The van der Waals surface area contributed by atoms with Crippen LogP contribution in [0.4, 0.5) is 0 Å². The summed E-state index contributed by atoms with van der Waals surface area (Å²) >= 11 is 0. The van der Waals surface area contributed by atoms with Gasteiger partial charge in [0.25, 0.3) is 0 Å². The van der Waals surface area contributed by atoms with Crippen molar-refractivity contribution in [2.24, 2.45) is 0 Å². The molecule has 2 aromatic heterocycles. The maximum Gasteiger partial charge on any atom is 0.137 e. The fraction of sp³-hybridized carbons (Fsp3) is 0.235. The molecule has 0 aliphatic heterocycles. The Kier molecular flexibility index (Phi) is 2.60. The summed E-state index contributed by atoms with van der Waals surface area (Å²) in [6.45, 7) is 0. The van der Waals surface area contributed by atoms with Crippen LogP contribution in [0.5, 0.6) is 0 Å². The van der Waals surface area contributed by atoms with Crippen LogP contribution < -0.4 is 5.32 Å². The monoisotopic (exact) mass is 263 g/mol. The SMILES string of the molecule is CNC1CCc2cc(-c3cccc4nccn34)ccc21. The second kappa shape index (κ2) is 4.46. The van der Waals surface area contributed by atoms with Gasteiger partial charge in [0.05, 0.1) is 5.69 Å². The second-order valence-electron chi connectivity index (χ2n) is 5.36. The molecule has 1 N–H and O–H groups in total. The highest BCUT2D eigenvalue weighted by Crippen LogP contribution is 2.34. The lowest BCUT2D eigenvalue weighted by Crippen LogP contribution is -2.12. The largest absolute Gasteiger partial charge is 0.313 e. The first-order chi connectivity index (χ1) is 9.86. The molecule has 0 fully saturated rings. The summed E-state index contributed by atoms with van der Waals surface area (Å²) in [5, 5.41) is 3.39. The molecule has 0 saturated heterocycles. The van der Waals surface area contributed by atoms with Crippen LogP contribution >= 0.6 is 0 Å². The number of nitrogens with zero attached hydrogens (tertiary/aromatic N) is 2. The molecule has 1 aliphatic rings. The molecule has 100 valence electrons. The zero-order valence-corrected chi connectivity index (χ0v) is 11.5.